The van der Waals surface area contributed by atoms with Crippen LogP contribution in [-0.4, -0.2) is 42.4 Å². The van der Waals surface area contributed by atoms with E-state index in [2.05, 4.69) is 39.9 Å². The van der Waals surface area contributed by atoms with E-state index in [-0.39, 0.29) is 16.7 Å². The zero-order valence-electron chi connectivity index (χ0n) is 14.8. The van der Waals surface area contributed by atoms with Gasteiger partial charge in [-0.25, -0.2) is 0 Å². The fourth-order valence-corrected chi connectivity index (χ4v) is 6.13. The van der Waals surface area contributed by atoms with Gasteiger partial charge < -0.3 is 9.53 Å². The van der Waals surface area contributed by atoms with E-state index in [1.807, 2.05) is 12.3 Å². The number of ketones is 1. The third-order valence-corrected chi connectivity index (χ3v) is 11.1. The van der Waals surface area contributed by atoms with Crippen molar-refractivity contribution in [1.82, 2.24) is 0 Å². The number of nitrogens with zero attached hydrogens (tertiary/aromatic N) is 1. The van der Waals surface area contributed by atoms with Gasteiger partial charge in [-0.2, -0.15) is 17.0 Å². The van der Waals surface area contributed by atoms with Crippen molar-refractivity contribution in [2.45, 2.75) is 56.5 Å². The number of rotatable bonds is 4. The lowest BCUT2D eigenvalue weighted by atomic mass is 9.73. The van der Waals surface area contributed by atoms with E-state index >= 15 is 0 Å². The predicted octanol–water partition coefficient (Wildman–Crippen LogP) is 3.14. The first-order valence-corrected chi connectivity index (χ1v) is 12.3. The summed E-state index contributed by atoms with van der Waals surface area (Å²) in [5.74, 6) is -0.691. The molecule has 0 aromatic heterocycles. The van der Waals surface area contributed by atoms with Crippen LogP contribution in [0.3, 0.4) is 0 Å². The van der Waals surface area contributed by atoms with Crippen LogP contribution in [0.1, 0.15) is 27.2 Å². The Morgan fingerprint density at radius 1 is 1.52 bits per heavy atom. The van der Waals surface area contributed by atoms with E-state index in [1.54, 1.807) is 11.8 Å². The Kier molecular flexibility index (Phi) is 4.66. The van der Waals surface area contributed by atoms with Gasteiger partial charge in [-0.05, 0) is 36.9 Å². The molecular formula is C17H27NO3SSi. The molecule has 0 aromatic rings. The Labute approximate surface area is 144 Å². The highest BCUT2D eigenvalue weighted by Crippen LogP contribution is 2.57. The second-order valence-corrected chi connectivity index (χ2v) is 13.8. The summed E-state index contributed by atoms with van der Waals surface area (Å²) in [6.45, 7) is 10.7. The molecule has 0 aromatic carbocycles. The number of thioether (sulfide) groups is 1. The van der Waals surface area contributed by atoms with Crippen LogP contribution in [-0.2, 0) is 9.22 Å². The summed E-state index contributed by atoms with van der Waals surface area (Å²) in [7, 11) is -2.23. The first-order chi connectivity index (χ1) is 10.5. The molecule has 1 fully saturated rings. The molecule has 0 amide bonds. The van der Waals surface area contributed by atoms with Crippen molar-refractivity contribution in [2.75, 3.05) is 12.0 Å². The molecule has 6 heteroatoms. The fraction of sp³-hybridized carbons (Fsp3) is 0.765. The molecule has 4 atom stereocenters. The summed E-state index contributed by atoms with van der Waals surface area (Å²) in [6.07, 6.45) is 5.71. The summed E-state index contributed by atoms with van der Waals surface area (Å²) >= 11 is 1.56. The molecule has 0 spiro atoms. The van der Waals surface area contributed by atoms with E-state index in [1.165, 1.54) is 6.08 Å². The van der Waals surface area contributed by atoms with Crippen molar-refractivity contribution < 1.29 is 14.3 Å². The Bertz CT molecular complexity index is 577. The predicted molar refractivity (Wildman–Crippen MR) is 95.7 cm³/mol. The highest BCUT2D eigenvalue weighted by Gasteiger charge is 2.71. The summed E-state index contributed by atoms with van der Waals surface area (Å²) in [5.41, 5.74) is -2.73. The molecule has 4 nitrogen and oxygen atoms in total. The normalized spacial score (nSPS) is 37.0. The second kappa shape index (κ2) is 5.73. The molecule has 1 saturated carbocycles. The maximum absolute atomic E-state index is 12.6. The quantitative estimate of drug-likeness (QED) is 0.786. The molecule has 0 radical (unpaired) electrons. The van der Waals surface area contributed by atoms with Crippen molar-refractivity contribution in [3.63, 3.8) is 0 Å². The fourth-order valence-electron chi connectivity index (χ4n) is 3.51. The number of aliphatic hydroxyl groups is 1. The van der Waals surface area contributed by atoms with Crippen LogP contribution < -0.4 is 0 Å². The van der Waals surface area contributed by atoms with Crippen LogP contribution in [0.5, 0.6) is 0 Å². The van der Waals surface area contributed by atoms with Crippen LogP contribution in [0.15, 0.2) is 12.2 Å². The highest BCUT2D eigenvalue weighted by atomic mass is 32.2. The largest absolute Gasteiger partial charge is 0.406 e. The molecule has 0 unspecified atom stereocenters. The van der Waals surface area contributed by atoms with E-state index in [4.69, 9.17) is 4.43 Å². The van der Waals surface area contributed by atoms with Crippen LogP contribution in [0.2, 0.25) is 18.1 Å². The Morgan fingerprint density at radius 3 is 2.61 bits per heavy atom. The molecule has 23 heavy (non-hydrogen) atoms. The molecule has 2 aliphatic carbocycles. The van der Waals surface area contributed by atoms with E-state index in [0.29, 0.717) is 12.2 Å². The molecule has 0 aliphatic heterocycles. The Balaban J connectivity index is 2.59. The average Bonchev–Trinajstić information content (AvgIpc) is 2.55. The molecule has 1 N–H and O–H groups in total. The number of carbonyl (C=O) groups is 1. The Hall–Kier alpha value is -0.613. The minimum absolute atomic E-state index is 0.0411. The lowest BCUT2D eigenvalue weighted by molar-refractivity contribution is -0.163. The third kappa shape index (κ3) is 2.53. The monoisotopic (exact) mass is 353 g/mol. The maximum Gasteiger partial charge on any atom is 0.193 e. The van der Waals surface area contributed by atoms with Crippen molar-refractivity contribution in [1.29, 1.82) is 5.26 Å². The van der Waals surface area contributed by atoms with Gasteiger partial charge in [-0.15, -0.1) is 0 Å². The van der Waals surface area contributed by atoms with Crippen molar-refractivity contribution in [3.8, 4) is 6.07 Å². The highest BCUT2D eigenvalue weighted by molar-refractivity contribution is 7.98. The van der Waals surface area contributed by atoms with Gasteiger partial charge in [-0.1, -0.05) is 26.8 Å². The van der Waals surface area contributed by atoms with Crippen LogP contribution in [0.25, 0.3) is 0 Å². The van der Waals surface area contributed by atoms with Gasteiger partial charge in [0, 0.05) is 11.7 Å². The summed E-state index contributed by atoms with van der Waals surface area (Å²) in [6, 6.07) is 2.16. The second-order valence-electron chi connectivity index (χ2n) is 8.20. The van der Waals surface area contributed by atoms with Crippen molar-refractivity contribution >= 4 is 25.9 Å². The number of carbonyl (C=O) groups excluding carboxylic acids is 1. The third-order valence-electron chi connectivity index (χ3n) is 5.85. The summed E-state index contributed by atoms with van der Waals surface area (Å²) < 4.78 is 6.71. The van der Waals surface area contributed by atoms with E-state index in [0.717, 1.165) is 0 Å². The summed E-state index contributed by atoms with van der Waals surface area (Å²) in [4.78, 5) is 12.6. The zero-order valence-corrected chi connectivity index (χ0v) is 16.7. The SMILES string of the molecule is CSC[C@]1(O[Si](C)(C)C(C)(C)C)[C@@H]2C=CC(=O)[C@@]1(O)[C@@H](C#N)C2. The zero-order chi connectivity index (χ0) is 17.7. The van der Waals surface area contributed by atoms with Gasteiger partial charge in [0.15, 0.2) is 19.7 Å². The van der Waals surface area contributed by atoms with Crippen LogP contribution in [0.4, 0.5) is 0 Å². The van der Waals surface area contributed by atoms with Gasteiger partial charge in [-0.3, -0.25) is 4.79 Å². The number of hydrogen-bond donors (Lipinski definition) is 1. The van der Waals surface area contributed by atoms with Gasteiger partial charge in [0.25, 0.3) is 0 Å². The number of nitriles is 1. The number of fused-ring (bicyclic) bond motifs is 2. The van der Waals surface area contributed by atoms with Crippen LogP contribution >= 0.6 is 11.8 Å². The topological polar surface area (TPSA) is 70.3 Å². The summed E-state index contributed by atoms with van der Waals surface area (Å²) in [5, 5.41) is 20.9. The number of hydrogen-bond acceptors (Lipinski definition) is 5. The van der Waals surface area contributed by atoms with Crippen molar-refractivity contribution in [2.24, 2.45) is 11.8 Å². The lowest BCUT2D eigenvalue weighted by Gasteiger charge is -2.52. The molecule has 2 aliphatic rings. The minimum atomic E-state index is -2.23. The van der Waals surface area contributed by atoms with E-state index < -0.39 is 25.4 Å². The molecule has 0 saturated heterocycles. The average molecular weight is 354 g/mol. The van der Waals surface area contributed by atoms with Gasteiger partial charge >= 0.3 is 0 Å². The molecule has 0 heterocycles. The Morgan fingerprint density at radius 2 is 2.13 bits per heavy atom. The molecule has 2 bridgehead atoms. The van der Waals surface area contributed by atoms with E-state index in [9.17, 15) is 15.2 Å². The van der Waals surface area contributed by atoms with Gasteiger partial charge in [0.1, 0.15) is 5.60 Å². The standard InChI is InChI=1S/C17H27NO3SSi/c1-15(2,3)23(5,6)21-16(11-22-4)12-7-8-14(19)17(16,20)13(9-12)10-18/h7-8,12-13,20H,9,11H2,1-6H3/t12-,13-,16+,17+/m1/s1. The lowest BCUT2D eigenvalue weighted by Crippen LogP contribution is -2.68. The maximum atomic E-state index is 12.6. The smallest absolute Gasteiger partial charge is 0.193 e. The first kappa shape index (κ1) is 18.7. The van der Waals surface area contributed by atoms with Gasteiger partial charge in [0.05, 0.1) is 12.0 Å². The van der Waals surface area contributed by atoms with Crippen LogP contribution in [0, 0.1) is 23.2 Å². The first-order valence-electron chi connectivity index (χ1n) is 8.00. The minimum Gasteiger partial charge on any atom is -0.406 e. The molecule has 2 rings (SSSR count). The van der Waals surface area contributed by atoms with Crippen molar-refractivity contribution in [3.05, 3.63) is 12.2 Å². The molecular weight excluding hydrogens is 326 g/mol. The molecule has 128 valence electrons. The van der Waals surface area contributed by atoms with Gasteiger partial charge in [0.2, 0.25) is 0 Å².